The summed E-state index contributed by atoms with van der Waals surface area (Å²) in [4.78, 5) is 5.70. The fraction of sp³-hybridized carbons (Fsp3) is 0.222. The average molecular weight is 196 g/mol. The smallest absolute Gasteiger partial charge is 0.239 e. The molecule has 1 aliphatic rings. The van der Waals surface area contributed by atoms with E-state index in [1.807, 2.05) is 17.8 Å². The predicted molar refractivity (Wildman–Crippen MR) is 58.7 cm³/mol. The molecule has 1 aromatic carbocycles. The molecule has 2 rings (SSSR count). The Kier molecular flexibility index (Phi) is 2.42. The van der Waals surface area contributed by atoms with Crippen molar-refractivity contribution in [2.24, 2.45) is 4.99 Å². The summed E-state index contributed by atoms with van der Waals surface area (Å²) in [6.07, 6.45) is 0. The van der Waals surface area contributed by atoms with Crippen LogP contribution in [0.2, 0.25) is 0 Å². The van der Waals surface area contributed by atoms with Crippen molar-refractivity contribution < 1.29 is 0 Å². The number of aliphatic imine (C=N–C) groups is 1. The second kappa shape index (κ2) is 3.54. The lowest BCUT2D eigenvalue weighted by atomic mass is 10.2. The van der Waals surface area contributed by atoms with E-state index in [0.717, 1.165) is 17.3 Å². The number of fused-ring (bicyclic) bond motifs is 1. The Balaban J connectivity index is 2.51. The van der Waals surface area contributed by atoms with Gasteiger partial charge in [0.05, 0.1) is 12.1 Å². The summed E-state index contributed by atoms with van der Waals surface area (Å²) in [6, 6.07) is 8.34. The summed E-state index contributed by atoms with van der Waals surface area (Å²) in [5, 5.41) is 0.982. The van der Waals surface area contributed by atoms with Gasteiger partial charge in [-0.3, -0.25) is 0 Å². The van der Waals surface area contributed by atoms with Crippen molar-refractivity contribution in [2.45, 2.75) is 4.90 Å². The highest BCUT2D eigenvalue weighted by Gasteiger charge is 2.12. The molecule has 0 radical (unpaired) electrons. The van der Waals surface area contributed by atoms with Crippen LogP contribution in [0, 0.1) is 0 Å². The third-order valence-electron chi connectivity index (χ3n) is 1.76. The van der Waals surface area contributed by atoms with Crippen molar-refractivity contribution >= 4 is 29.4 Å². The number of hydrogen-bond donors (Lipinski definition) is 0. The van der Waals surface area contributed by atoms with Gasteiger partial charge in [-0.05, 0) is 12.1 Å². The predicted octanol–water partition coefficient (Wildman–Crippen LogP) is 1.55. The first-order chi connectivity index (χ1) is 5.88. The Morgan fingerprint density at radius 1 is 1.33 bits per heavy atom. The van der Waals surface area contributed by atoms with Crippen LogP contribution in [0.15, 0.2) is 34.2 Å². The number of benzene rings is 1. The SMILES string of the molecule is [SH2+]C1=NCCSc2ccccc21. The van der Waals surface area contributed by atoms with E-state index in [1.54, 1.807) is 0 Å². The van der Waals surface area contributed by atoms with Crippen molar-refractivity contribution in [2.75, 3.05) is 12.3 Å². The van der Waals surface area contributed by atoms with Crippen molar-refractivity contribution in [1.82, 2.24) is 0 Å². The van der Waals surface area contributed by atoms with E-state index in [4.69, 9.17) is 0 Å². The molecular weight excluding hydrogens is 186 g/mol. The van der Waals surface area contributed by atoms with Crippen LogP contribution in [0.1, 0.15) is 5.56 Å². The lowest BCUT2D eigenvalue weighted by Crippen LogP contribution is -1.96. The van der Waals surface area contributed by atoms with Gasteiger partial charge < -0.3 is 0 Å². The van der Waals surface area contributed by atoms with E-state index in [2.05, 4.69) is 35.8 Å². The van der Waals surface area contributed by atoms with Gasteiger partial charge in [0.1, 0.15) is 0 Å². The van der Waals surface area contributed by atoms with E-state index in [1.165, 1.54) is 10.5 Å². The van der Waals surface area contributed by atoms with Gasteiger partial charge in [0.15, 0.2) is 0 Å². The molecule has 0 amide bonds. The van der Waals surface area contributed by atoms with Crippen molar-refractivity contribution in [3.05, 3.63) is 29.8 Å². The highest BCUT2D eigenvalue weighted by Crippen LogP contribution is 2.24. The third-order valence-corrected chi connectivity index (χ3v) is 3.24. The van der Waals surface area contributed by atoms with Crippen LogP contribution >= 0.6 is 11.8 Å². The maximum atomic E-state index is 4.37. The molecular formula is C9H10NS2+. The topological polar surface area (TPSA) is 12.4 Å². The number of thioether (sulfide) groups is 1. The molecule has 0 spiro atoms. The number of hydrogen-bond acceptors (Lipinski definition) is 2. The zero-order chi connectivity index (χ0) is 8.39. The quantitative estimate of drug-likeness (QED) is 0.574. The minimum absolute atomic E-state index is 0.901. The van der Waals surface area contributed by atoms with Crippen LogP contribution in [0.4, 0.5) is 0 Å². The largest absolute Gasteiger partial charge is 0.245 e. The molecule has 62 valence electrons. The van der Waals surface area contributed by atoms with E-state index >= 15 is 0 Å². The first kappa shape index (κ1) is 8.20. The van der Waals surface area contributed by atoms with Gasteiger partial charge in [0.25, 0.3) is 0 Å². The van der Waals surface area contributed by atoms with Crippen LogP contribution in [0.5, 0.6) is 0 Å². The van der Waals surface area contributed by atoms with Crippen LogP contribution < -0.4 is 0 Å². The number of nitrogens with zero attached hydrogens (tertiary/aromatic N) is 1. The molecule has 12 heavy (non-hydrogen) atoms. The molecule has 0 aliphatic carbocycles. The maximum absolute atomic E-state index is 4.37. The molecule has 0 bridgehead atoms. The number of rotatable bonds is 0. The lowest BCUT2D eigenvalue weighted by Gasteiger charge is -1.99. The van der Waals surface area contributed by atoms with Gasteiger partial charge in [-0.25, -0.2) is 4.99 Å². The van der Waals surface area contributed by atoms with Gasteiger partial charge in [0, 0.05) is 23.3 Å². The van der Waals surface area contributed by atoms with Crippen LogP contribution in [0.3, 0.4) is 0 Å². The van der Waals surface area contributed by atoms with Gasteiger partial charge in [-0.1, -0.05) is 12.1 Å². The fourth-order valence-electron chi connectivity index (χ4n) is 1.19. The van der Waals surface area contributed by atoms with E-state index in [9.17, 15) is 0 Å². The Morgan fingerprint density at radius 2 is 2.17 bits per heavy atom. The lowest BCUT2D eigenvalue weighted by molar-refractivity contribution is 1.16. The maximum Gasteiger partial charge on any atom is 0.245 e. The van der Waals surface area contributed by atoms with Gasteiger partial charge in [0.2, 0.25) is 5.04 Å². The monoisotopic (exact) mass is 196 g/mol. The summed E-state index contributed by atoms with van der Waals surface area (Å²) < 4.78 is 0. The second-order valence-electron chi connectivity index (χ2n) is 2.57. The Bertz CT molecular complexity index is 320. The molecule has 1 heterocycles. The van der Waals surface area contributed by atoms with Crippen LogP contribution in [-0.2, 0) is 12.6 Å². The second-order valence-corrected chi connectivity index (χ2v) is 4.19. The molecule has 3 heteroatoms. The molecule has 0 saturated carbocycles. The zero-order valence-electron chi connectivity index (χ0n) is 6.58. The van der Waals surface area contributed by atoms with Crippen molar-refractivity contribution in [3.8, 4) is 0 Å². The van der Waals surface area contributed by atoms with Gasteiger partial charge >= 0.3 is 0 Å². The van der Waals surface area contributed by atoms with E-state index in [0.29, 0.717) is 0 Å². The summed E-state index contributed by atoms with van der Waals surface area (Å²) >= 11 is 5.39. The van der Waals surface area contributed by atoms with Crippen LogP contribution in [0.25, 0.3) is 0 Å². The summed E-state index contributed by atoms with van der Waals surface area (Å²) in [5.74, 6) is 1.07. The summed E-state index contributed by atoms with van der Waals surface area (Å²) in [6.45, 7) is 0.901. The Morgan fingerprint density at radius 3 is 3.08 bits per heavy atom. The van der Waals surface area contributed by atoms with E-state index < -0.39 is 0 Å². The standard InChI is InChI=1S/C9H9NS2/c11-9-7-3-1-2-4-8(7)12-6-5-10-9/h1-4H,5-6H2,(H,10,11)/p+1. The van der Waals surface area contributed by atoms with Gasteiger partial charge in [-0.2, -0.15) is 0 Å². The third kappa shape index (κ3) is 1.52. The first-order valence-corrected chi connectivity index (χ1v) is 5.35. The molecule has 0 saturated heterocycles. The highest BCUT2D eigenvalue weighted by atomic mass is 32.2. The van der Waals surface area contributed by atoms with Crippen LogP contribution in [-0.4, -0.2) is 17.3 Å². The minimum Gasteiger partial charge on any atom is -0.239 e. The normalized spacial score (nSPS) is 16.2. The van der Waals surface area contributed by atoms with Gasteiger partial charge in [-0.15, -0.1) is 11.8 Å². The van der Waals surface area contributed by atoms with E-state index in [-0.39, 0.29) is 0 Å². The molecule has 0 atom stereocenters. The Labute approximate surface area is 81.7 Å². The molecule has 1 aromatic rings. The average Bonchev–Trinajstić information content (AvgIpc) is 2.29. The highest BCUT2D eigenvalue weighted by molar-refractivity contribution is 7.99. The minimum atomic E-state index is 0.901. The summed E-state index contributed by atoms with van der Waals surface area (Å²) in [5.41, 5.74) is 1.22. The molecule has 0 unspecified atom stereocenters. The Hall–Kier alpha value is -0.410. The molecule has 0 aromatic heterocycles. The molecule has 1 nitrogen and oxygen atoms in total. The first-order valence-electron chi connectivity index (χ1n) is 3.86. The molecule has 1 aliphatic heterocycles. The van der Waals surface area contributed by atoms with Crippen molar-refractivity contribution in [1.29, 1.82) is 0 Å². The van der Waals surface area contributed by atoms with Crippen molar-refractivity contribution in [3.63, 3.8) is 0 Å². The molecule has 0 fully saturated rings. The summed E-state index contributed by atoms with van der Waals surface area (Å²) in [7, 11) is 0. The molecule has 0 N–H and O–H groups in total. The fourth-order valence-corrected chi connectivity index (χ4v) is 2.50. The zero-order valence-corrected chi connectivity index (χ0v) is 8.40.